The number of hydrazine groups is 1. The Bertz CT molecular complexity index is 604. The molecule has 3 nitrogen and oxygen atoms in total. The van der Waals surface area contributed by atoms with Crippen molar-refractivity contribution in [2.45, 2.75) is 19.1 Å². The summed E-state index contributed by atoms with van der Waals surface area (Å²) in [7, 11) is 0. The zero-order valence-electron chi connectivity index (χ0n) is 11.3. The normalized spacial score (nSPS) is 13.8. The summed E-state index contributed by atoms with van der Waals surface area (Å²) in [4.78, 5) is 0. The van der Waals surface area contributed by atoms with E-state index >= 15 is 0 Å². The zero-order valence-corrected chi connectivity index (χ0v) is 12.1. The van der Waals surface area contributed by atoms with Crippen LogP contribution in [0.5, 0.6) is 5.75 Å². The first-order valence-corrected chi connectivity index (χ1v) is 6.71. The Morgan fingerprint density at radius 1 is 1.14 bits per heavy atom. The summed E-state index contributed by atoms with van der Waals surface area (Å²) in [5.41, 5.74) is 2.88. The van der Waals surface area contributed by atoms with E-state index in [9.17, 15) is 8.78 Å². The molecule has 21 heavy (non-hydrogen) atoms. The molecule has 0 aliphatic heterocycles. The lowest BCUT2D eigenvalue weighted by atomic mass is 10.0. The Morgan fingerprint density at radius 3 is 2.38 bits per heavy atom. The van der Waals surface area contributed by atoms with Crippen LogP contribution in [0.3, 0.4) is 0 Å². The highest BCUT2D eigenvalue weighted by atomic mass is 35.5. The summed E-state index contributed by atoms with van der Waals surface area (Å²) in [6.45, 7) is 1.74. The van der Waals surface area contributed by atoms with E-state index in [2.05, 4.69) is 5.43 Å². The second kappa shape index (κ2) is 6.85. The Morgan fingerprint density at radius 2 is 1.81 bits per heavy atom. The first kappa shape index (κ1) is 15.7. The molecule has 2 aromatic carbocycles. The fraction of sp³-hybridized carbons (Fsp3) is 0.200. The number of hydrogen-bond acceptors (Lipinski definition) is 3. The Labute approximate surface area is 126 Å². The van der Waals surface area contributed by atoms with E-state index < -0.39 is 23.8 Å². The first-order valence-electron chi connectivity index (χ1n) is 6.34. The highest BCUT2D eigenvalue weighted by Crippen LogP contribution is 2.24. The fourth-order valence-corrected chi connectivity index (χ4v) is 2.26. The van der Waals surface area contributed by atoms with Gasteiger partial charge in [-0.2, -0.15) is 0 Å². The van der Waals surface area contributed by atoms with Crippen LogP contribution >= 0.6 is 11.6 Å². The average Bonchev–Trinajstić information content (AvgIpc) is 2.38. The van der Waals surface area contributed by atoms with Gasteiger partial charge in [0.2, 0.25) is 0 Å². The molecule has 2 rings (SSSR count). The van der Waals surface area contributed by atoms with Gasteiger partial charge < -0.3 is 4.74 Å². The molecule has 0 spiro atoms. The maximum Gasteiger partial charge on any atom is 0.126 e. The second-order valence-corrected chi connectivity index (χ2v) is 5.06. The second-order valence-electron chi connectivity index (χ2n) is 4.63. The number of rotatable bonds is 5. The molecule has 0 radical (unpaired) electrons. The van der Waals surface area contributed by atoms with E-state index in [0.717, 1.165) is 6.07 Å². The molecule has 6 heteroatoms. The van der Waals surface area contributed by atoms with Crippen LogP contribution in [0.15, 0.2) is 42.5 Å². The van der Waals surface area contributed by atoms with Crippen molar-refractivity contribution in [3.05, 3.63) is 64.7 Å². The molecule has 0 saturated carbocycles. The Balaban J connectivity index is 2.20. The van der Waals surface area contributed by atoms with Crippen LogP contribution < -0.4 is 16.0 Å². The van der Waals surface area contributed by atoms with Gasteiger partial charge in [-0.25, -0.2) is 14.2 Å². The minimum Gasteiger partial charge on any atom is -0.489 e. The number of benzene rings is 2. The van der Waals surface area contributed by atoms with E-state index in [1.807, 2.05) is 0 Å². The number of halogens is 3. The molecule has 0 aliphatic rings. The molecule has 0 aliphatic carbocycles. The van der Waals surface area contributed by atoms with Gasteiger partial charge in [0.15, 0.2) is 0 Å². The number of nitrogens with two attached hydrogens (primary N) is 1. The van der Waals surface area contributed by atoms with Gasteiger partial charge in [0, 0.05) is 11.1 Å². The number of hydrogen-bond donors (Lipinski definition) is 2. The van der Waals surface area contributed by atoms with Gasteiger partial charge in [0.1, 0.15) is 23.5 Å². The molecule has 0 fully saturated rings. The summed E-state index contributed by atoms with van der Waals surface area (Å²) < 4.78 is 32.3. The summed E-state index contributed by atoms with van der Waals surface area (Å²) in [5, 5.41) is 0.536. The number of ether oxygens (including phenoxy) is 1. The maximum absolute atomic E-state index is 13.3. The molecule has 0 aromatic heterocycles. The third-order valence-electron chi connectivity index (χ3n) is 3.01. The van der Waals surface area contributed by atoms with Crippen molar-refractivity contribution < 1.29 is 13.5 Å². The molecule has 0 heterocycles. The highest BCUT2D eigenvalue weighted by Gasteiger charge is 2.21. The van der Waals surface area contributed by atoms with E-state index in [1.54, 1.807) is 31.2 Å². The topological polar surface area (TPSA) is 47.3 Å². The third kappa shape index (κ3) is 4.14. The summed E-state index contributed by atoms with van der Waals surface area (Å²) in [6, 6.07) is 9.52. The smallest absolute Gasteiger partial charge is 0.126 e. The monoisotopic (exact) mass is 312 g/mol. The van der Waals surface area contributed by atoms with Crippen molar-refractivity contribution in [2.75, 3.05) is 0 Å². The van der Waals surface area contributed by atoms with Crippen molar-refractivity contribution >= 4 is 11.6 Å². The van der Waals surface area contributed by atoms with Crippen molar-refractivity contribution in [1.29, 1.82) is 0 Å². The minimum absolute atomic E-state index is 0.365. The molecule has 0 saturated heterocycles. The van der Waals surface area contributed by atoms with Gasteiger partial charge in [-0.15, -0.1) is 0 Å². The summed E-state index contributed by atoms with van der Waals surface area (Å²) in [6.07, 6.45) is -0.463. The van der Waals surface area contributed by atoms with Gasteiger partial charge >= 0.3 is 0 Å². The van der Waals surface area contributed by atoms with Crippen LogP contribution in [0.25, 0.3) is 0 Å². The molecule has 2 aromatic rings. The van der Waals surface area contributed by atoms with Gasteiger partial charge in [0.05, 0.1) is 6.04 Å². The van der Waals surface area contributed by atoms with Gasteiger partial charge in [-0.1, -0.05) is 17.7 Å². The lowest BCUT2D eigenvalue weighted by molar-refractivity contribution is 0.170. The highest BCUT2D eigenvalue weighted by molar-refractivity contribution is 6.30. The predicted octanol–water partition coefficient (Wildman–Crippen LogP) is 3.59. The molecule has 2 unspecified atom stereocenters. The molecule has 0 amide bonds. The predicted molar refractivity (Wildman–Crippen MR) is 78.0 cm³/mol. The van der Waals surface area contributed by atoms with Crippen LogP contribution in [-0.4, -0.2) is 6.10 Å². The fourth-order valence-electron chi connectivity index (χ4n) is 2.08. The van der Waals surface area contributed by atoms with Gasteiger partial charge in [-0.05, 0) is 42.8 Å². The van der Waals surface area contributed by atoms with Crippen LogP contribution in [0.2, 0.25) is 5.02 Å². The average molecular weight is 313 g/mol. The lowest BCUT2D eigenvalue weighted by Gasteiger charge is -2.25. The van der Waals surface area contributed by atoms with Crippen molar-refractivity contribution in [3.63, 3.8) is 0 Å². The van der Waals surface area contributed by atoms with E-state index in [1.165, 1.54) is 12.1 Å². The molecular formula is C15H15ClF2N2O. The van der Waals surface area contributed by atoms with Gasteiger partial charge in [0.25, 0.3) is 0 Å². The zero-order chi connectivity index (χ0) is 15.4. The van der Waals surface area contributed by atoms with E-state index in [0.29, 0.717) is 16.3 Å². The molecule has 112 valence electrons. The Hall–Kier alpha value is -1.69. The summed E-state index contributed by atoms with van der Waals surface area (Å²) in [5.74, 6) is 4.70. The molecule has 0 bridgehead atoms. The van der Waals surface area contributed by atoms with Crippen molar-refractivity contribution in [2.24, 2.45) is 5.84 Å². The van der Waals surface area contributed by atoms with Crippen LogP contribution in [-0.2, 0) is 0 Å². The maximum atomic E-state index is 13.3. The third-order valence-corrected chi connectivity index (χ3v) is 3.25. The SMILES string of the molecule is CC(Oc1cccc(Cl)c1)C(NN)c1cc(F)cc(F)c1. The Kier molecular flexibility index (Phi) is 5.12. The van der Waals surface area contributed by atoms with Crippen LogP contribution in [0, 0.1) is 11.6 Å². The minimum atomic E-state index is -0.666. The molecular weight excluding hydrogens is 298 g/mol. The molecule has 3 N–H and O–H groups in total. The quantitative estimate of drug-likeness (QED) is 0.655. The lowest BCUT2D eigenvalue weighted by Crippen LogP contribution is -2.38. The molecule has 2 atom stereocenters. The first-order chi connectivity index (χ1) is 9.99. The van der Waals surface area contributed by atoms with Crippen LogP contribution in [0.4, 0.5) is 8.78 Å². The van der Waals surface area contributed by atoms with Crippen molar-refractivity contribution in [3.8, 4) is 5.75 Å². The van der Waals surface area contributed by atoms with Crippen LogP contribution in [0.1, 0.15) is 18.5 Å². The van der Waals surface area contributed by atoms with E-state index in [-0.39, 0.29) is 0 Å². The van der Waals surface area contributed by atoms with Crippen molar-refractivity contribution in [1.82, 2.24) is 5.43 Å². The number of nitrogens with one attached hydrogen (secondary N) is 1. The summed E-state index contributed by atoms with van der Waals surface area (Å²) >= 11 is 5.88. The largest absolute Gasteiger partial charge is 0.489 e. The standard InChI is InChI=1S/C15H15ClF2N2O/c1-9(21-14-4-2-3-11(16)7-14)15(20-19)10-5-12(17)8-13(18)6-10/h2-9,15,20H,19H2,1H3. The van der Waals surface area contributed by atoms with Gasteiger partial charge in [-0.3, -0.25) is 5.84 Å². The van der Waals surface area contributed by atoms with E-state index in [4.69, 9.17) is 22.2 Å².